The van der Waals surface area contributed by atoms with Crippen molar-refractivity contribution in [2.45, 2.75) is 33.1 Å². The monoisotopic (exact) mass is 1790 g/mol. The molecule has 3 heteroatoms. The van der Waals surface area contributed by atoms with Gasteiger partial charge in [-0.1, -0.05) is 37.8 Å². The molecule has 2 nitrogen and oxygen atoms in total. The van der Waals surface area contributed by atoms with Gasteiger partial charge in [0, 0.05) is 657 Å². The number of terminal acetylenes is 1. The summed E-state index contributed by atoms with van der Waals surface area (Å²) in [5, 5.41) is 0. The first-order valence-electron chi connectivity index (χ1n) is 38.1. The Labute approximate surface area is 859 Å². The Bertz CT molecular complexity index is 9780. The lowest BCUT2D eigenvalue weighted by atomic mass is 10.2. The van der Waals surface area contributed by atoms with Crippen molar-refractivity contribution in [3.05, 3.63) is 41.7 Å². The predicted octanol–water partition coefficient (Wildman–Crippen LogP) is 4.43. The maximum atomic E-state index is 12.6. The van der Waals surface area contributed by atoms with Crippen LogP contribution < -0.4 is 0 Å². The Balaban J connectivity index is 0.0000111. The van der Waals surface area contributed by atoms with Gasteiger partial charge in [-0.15, -0.1) is 6.42 Å². The fourth-order valence-corrected chi connectivity index (χ4v) is 5.25. The molecule has 0 saturated heterocycles. The molecule has 0 radical (unpaired) electrons. The molecule has 1 rings (SSSR count). The lowest BCUT2D eigenvalue weighted by Gasteiger charge is -2.00. The van der Waals surface area contributed by atoms with Crippen molar-refractivity contribution in [1.82, 2.24) is 0 Å². The maximum absolute atomic E-state index is 12.6. The molecule has 0 saturated carbocycles. The molecule has 612 valence electrons. The second-order valence-corrected chi connectivity index (χ2v) is 19.8. The SMILES string of the molecule is C#CC#CC#CC#CC#CC#CC#CC#CC#CC#CC#CC#CC#CC#CC#CC#CC#CC#CC#CC#CC#CC#CC#CC#CC#CC#CC#CC#CC#CC#CC#CC#CC#CC#CC#CC#CC#CC#CC#CC#CC#CC#CC#CC#CC#CC#CC#CC#CC#CC#CC#CC#CC#CC#CC#CC#CC#CC#CC#CC#CC#CC#CC#CC#CC.CCCCCOC(=O)/C=C/c1ccc(F)cc1. The summed E-state index contributed by atoms with van der Waals surface area (Å²) in [6.07, 6.45) is 11.0. The smallest absolute Gasteiger partial charge is 0.330 e. The lowest BCUT2D eigenvalue weighted by molar-refractivity contribution is -0.137. The first kappa shape index (κ1) is 116. The molecule has 1 aromatic rings. The highest BCUT2D eigenvalue weighted by Crippen LogP contribution is 2.05. The molecule has 0 spiro atoms. The predicted molar refractivity (Wildman–Crippen MR) is 570 cm³/mol. The van der Waals surface area contributed by atoms with E-state index in [1.54, 1.807) is 25.1 Å². The summed E-state index contributed by atoms with van der Waals surface area (Å²) in [6.45, 7) is 4.23. The van der Waals surface area contributed by atoms with E-state index in [1.165, 1.54) is 18.2 Å². The van der Waals surface area contributed by atoms with Gasteiger partial charge in [0.1, 0.15) is 5.82 Å². The van der Waals surface area contributed by atoms with Gasteiger partial charge >= 0.3 is 5.97 Å². The van der Waals surface area contributed by atoms with Crippen molar-refractivity contribution in [3.8, 4) is 758 Å². The Morgan fingerprint density at radius 2 is 0.315 bits per heavy atom. The van der Waals surface area contributed by atoms with Crippen molar-refractivity contribution < 1.29 is 13.9 Å². The van der Waals surface area contributed by atoms with E-state index in [0.717, 1.165) is 24.8 Å². The van der Waals surface area contributed by atoms with Gasteiger partial charge in [0.25, 0.3) is 0 Å². The highest BCUT2D eigenvalue weighted by Gasteiger charge is 1.97. The molecule has 0 aromatic heterocycles. The molecule has 0 fully saturated rings. The molecular weight excluding hydrogens is 1770 g/mol. The van der Waals surface area contributed by atoms with E-state index in [9.17, 15) is 9.18 Å². The van der Waals surface area contributed by atoms with Gasteiger partial charge in [-0.3, -0.25) is 0 Å². The van der Waals surface area contributed by atoms with Crippen molar-refractivity contribution in [1.29, 1.82) is 0 Å². The van der Waals surface area contributed by atoms with Crippen molar-refractivity contribution in [2.75, 3.05) is 6.61 Å². The summed E-state index contributed by atoms with van der Waals surface area (Å²) >= 11 is 0. The lowest BCUT2D eigenvalue weighted by Crippen LogP contribution is -2.01. The fraction of sp³-hybridized carbons (Fsp3) is 0.0420. The van der Waals surface area contributed by atoms with Crippen molar-refractivity contribution in [2.24, 2.45) is 0 Å². The van der Waals surface area contributed by atoms with Crippen LogP contribution in [0.15, 0.2) is 30.3 Å². The van der Waals surface area contributed by atoms with Gasteiger partial charge in [-0.25, -0.2) is 9.18 Å². The number of hydrogen-bond acceptors (Lipinski definition) is 2. The Morgan fingerprint density at radius 1 is 0.199 bits per heavy atom. The minimum Gasteiger partial charge on any atom is -0.463 e. The van der Waals surface area contributed by atoms with Gasteiger partial charge < -0.3 is 4.74 Å². The highest BCUT2D eigenvalue weighted by molar-refractivity contribution is 5.87. The molecule has 0 N–H and O–H groups in total. The molecule has 0 bridgehead atoms. The first-order chi connectivity index (χ1) is 72.6. The molecule has 0 aliphatic rings. The summed E-state index contributed by atoms with van der Waals surface area (Å²) < 4.78 is 17.6. The molecule has 0 aliphatic heterocycles. The number of carbonyl (C=O) groups excluding carboxylic acids is 1. The van der Waals surface area contributed by atoms with Crippen LogP contribution in [0.25, 0.3) is 6.08 Å². The van der Waals surface area contributed by atoms with E-state index in [1.807, 2.05) is 0 Å². The third-order valence-corrected chi connectivity index (χ3v) is 10.2. The van der Waals surface area contributed by atoms with Crippen LogP contribution in [-0.2, 0) is 9.53 Å². The number of rotatable bonds is 6. The third kappa shape index (κ3) is 107. The van der Waals surface area contributed by atoms with E-state index in [0.29, 0.717) is 6.61 Å². The van der Waals surface area contributed by atoms with Crippen molar-refractivity contribution >= 4 is 12.0 Å². The van der Waals surface area contributed by atoms with Gasteiger partial charge in [0.2, 0.25) is 0 Å². The largest absolute Gasteiger partial charge is 0.463 e. The number of hydrogen-bond donors (Lipinski definition) is 0. The van der Waals surface area contributed by atoms with Gasteiger partial charge in [0.05, 0.1) is 6.61 Å². The van der Waals surface area contributed by atoms with E-state index in [4.69, 9.17) is 11.2 Å². The quantitative estimate of drug-likeness (QED) is 0.183. The van der Waals surface area contributed by atoms with Crippen LogP contribution in [0.1, 0.15) is 38.7 Å². The Hall–Kier alpha value is -29.8. The maximum Gasteiger partial charge on any atom is 0.330 e. The van der Waals surface area contributed by atoms with Crippen LogP contribution in [-0.4, -0.2) is 12.6 Å². The third-order valence-electron chi connectivity index (χ3n) is 10.2. The number of carbonyl (C=O) groups is 1. The minimum absolute atomic E-state index is 0.288. The van der Waals surface area contributed by atoms with E-state index < -0.39 is 0 Å². The summed E-state index contributed by atoms with van der Waals surface area (Å²) in [5.74, 6) is 316. The van der Waals surface area contributed by atoms with E-state index >= 15 is 0 Å². The van der Waals surface area contributed by atoms with Crippen LogP contribution in [0.3, 0.4) is 0 Å². The Morgan fingerprint density at radius 3 is 0.425 bits per heavy atom. The highest BCUT2D eigenvalue weighted by atomic mass is 19.1. The van der Waals surface area contributed by atoms with Crippen LogP contribution in [0.5, 0.6) is 0 Å². The summed E-state index contributed by atoms with van der Waals surface area (Å²) in [7, 11) is 0. The number of esters is 1. The average Bonchev–Trinajstić information content (AvgIpc) is 0.923. The van der Waals surface area contributed by atoms with E-state index in [2.05, 4.69) is 759 Å². The van der Waals surface area contributed by atoms with E-state index in [-0.39, 0.29) is 11.8 Å². The fourth-order valence-electron chi connectivity index (χ4n) is 5.25. The minimum atomic E-state index is -0.356. The normalized spacial score (nSPS) is 4.75. The summed E-state index contributed by atoms with van der Waals surface area (Å²) in [4.78, 5) is 11.3. The number of halogens is 1. The zero-order chi connectivity index (χ0) is 104. The molecule has 0 heterocycles. The molecule has 0 amide bonds. The number of benzene rings is 1. The molecular formula is C143H21FO2. The second-order valence-electron chi connectivity index (χ2n) is 19.8. The number of ether oxygens (including phenoxy) is 1. The molecule has 0 aliphatic carbocycles. The second kappa shape index (κ2) is 109. The molecule has 0 unspecified atom stereocenters. The first-order valence-corrected chi connectivity index (χ1v) is 38.1. The summed E-state index contributed by atoms with van der Waals surface area (Å²) in [5.41, 5.74) is 0.775. The van der Waals surface area contributed by atoms with Crippen LogP contribution in [0.4, 0.5) is 4.39 Å². The van der Waals surface area contributed by atoms with Crippen LogP contribution >= 0.6 is 0 Å². The van der Waals surface area contributed by atoms with Crippen LogP contribution in [0, 0.1) is 764 Å². The van der Waals surface area contributed by atoms with Crippen molar-refractivity contribution in [3.63, 3.8) is 0 Å². The number of unbranched alkanes of at least 4 members (excludes halogenated alkanes) is 2. The topological polar surface area (TPSA) is 26.3 Å². The zero-order valence-electron chi connectivity index (χ0n) is 75.1. The summed E-state index contributed by atoms with van der Waals surface area (Å²) in [6, 6.07) is 5.92. The van der Waals surface area contributed by atoms with Gasteiger partial charge in [-0.05, 0) is 132 Å². The van der Waals surface area contributed by atoms with Gasteiger partial charge in [0.15, 0.2) is 0 Å². The Kier molecular flexibility index (Phi) is 87.1. The van der Waals surface area contributed by atoms with Gasteiger partial charge in [-0.2, -0.15) is 0 Å². The standard InChI is InChI=1S/C129H4.C14H17FO2/c1-3-5-7-9-11-13-15-17-19-21-23-25-27-29-31-33-35-37-39-41-43-45-47-49-51-53-55-57-59-61-63-65-67-69-71-73-75-77-79-81-83-85-87-89-91-93-95-97-99-101-103-105-107-109-111-113-115-117-119-121-123-125-127-129-128-126-124-122-120-118-116-114-112-110-108-106-104-102-100-98-96-94-92-90-88-86-84-82-80-78-76-74-72-70-68-66-64-62-60-58-56-54-52-50-48-46-44-42-40-38-36-34-32-30-28-26-24-22-20-18-16-14-12-10-8-6-4-2;1-2-3-4-11-17-14(16)10-7-12-5-8-13(15)9-6-12/h1H,2H3;5-10H,2-4,11H2,1H3/b;10-7+. The average molecular weight is 1790 g/mol. The van der Waals surface area contributed by atoms with Crippen LogP contribution in [0.2, 0.25) is 0 Å². The zero-order valence-corrected chi connectivity index (χ0v) is 75.1. The molecule has 146 heavy (non-hydrogen) atoms. The molecule has 1 aromatic carbocycles. The molecule has 0 atom stereocenters.